The molecule has 1 aromatic heterocycles. The van der Waals surface area contributed by atoms with E-state index in [-0.39, 0.29) is 11.4 Å². The van der Waals surface area contributed by atoms with Gasteiger partial charge < -0.3 is 4.52 Å². The smallest absolute Gasteiger partial charge is 0.240 e. The molecule has 7 heteroatoms. The van der Waals surface area contributed by atoms with Gasteiger partial charge in [-0.15, -0.1) is 0 Å². The van der Waals surface area contributed by atoms with Crippen molar-refractivity contribution < 1.29 is 17.7 Å². The molecule has 0 spiro atoms. The van der Waals surface area contributed by atoms with Crippen LogP contribution in [0.3, 0.4) is 0 Å². The Hall–Kier alpha value is -2.15. The van der Waals surface area contributed by atoms with Crippen molar-refractivity contribution in [2.45, 2.75) is 26.0 Å². The average molecular weight is 322 g/mol. The van der Waals surface area contributed by atoms with E-state index in [1.807, 2.05) is 31.2 Å². The molecule has 2 rings (SSSR count). The fourth-order valence-corrected chi connectivity index (χ4v) is 3.09. The van der Waals surface area contributed by atoms with Crippen LogP contribution in [0.2, 0.25) is 0 Å². The predicted molar refractivity (Wildman–Crippen MR) is 81.3 cm³/mol. The lowest BCUT2D eigenvalue weighted by atomic mass is 10.00. The summed E-state index contributed by atoms with van der Waals surface area (Å²) in [5, 5.41) is 3.52. The molecule has 2 aromatic rings. The lowest BCUT2D eigenvalue weighted by Gasteiger charge is -2.12. The van der Waals surface area contributed by atoms with Crippen molar-refractivity contribution in [2.75, 3.05) is 0 Å². The minimum Gasteiger partial charge on any atom is -0.364 e. The molecule has 0 aliphatic carbocycles. The number of sulfonamides is 1. The van der Waals surface area contributed by atoms with Gasteiger partial charge in [-0.3, -0.25) is 9.52 Å². The highest BCUT2D eigenvalue weighted by atomic mass is 32.2. The molecule has 6 nitrogen and oxygen atoms in total. The number of carbonyl (C=O) groups is 1. The number of benzene rings is 1. The number of nitrogens with one attached hydrogen (secondary N) is 1. The molecule has 1 N–H and O–H groups in total. The summed E-state index contributed by atoms with van der Waals surface area (Å²) in [6.07, 6.45) is 1.76. The fraction of sp³-hybridized carbons (Fsp3) is 0.333. The number of nitrogens with zero attached hydrogens (tertiary/aromatic N) is 1. The number of aryl methyl sites for hydroxylation is 1. The number of aromatic nitrogens is 1. The van der Waals surface area contributed by atoms with Gasteiger partial charge in [-0.05, 0) is 18.9 Å². The van der Waals surface area contributed by atoms with E-state index in [4.69, 9.17) is 0 Å². The Labute approximate surface area is 129 Å². The second-order valence-corrected chi connectivity index (χ2v) is 7.03. The fourth-order valence-electron chi connectivity index (χ4n) is 1.97. The lowest BCUT2D eigenvalue weighted by Crippen LogP contribution is -2.36. The summed E-state index contributed by atoms with van der Waals surface area (Å²) in [4.78, 5) is 12.0. The first-order valence-corrected chi connectivity index (χ1v) is 8.50. The molecule has 22 heavy (non-hydrogen) atoms. The van der Waals surface area contributed by atoms with Crippen molar-refractivity contribution in [3.05, 3.63) is 53.4 Å². The third-order valence-corrected chi connectivity index (χ3v) is 4.38. The quantitative estimate of drug-likeness (QED) is 0.876. The molecule has 0 saturated carbocycles. The number of hydrogen-bond acceptors (Lipinski definition) is 5. The van der Waals surface area contributed by atoms with Crippen molar-refractivity contribution in [1.82, 2.24) is 9.88 Å². The van der Waals surface area contributed by atoms with Crippen LogP contribution in [0.4, 0.5) is 0 Å². The highest BCUT2D eigenvalue weighted by molar-refractivity contribution is 7.89. The second kappa shape index (κ2) is 6.74. The lowest BCUT2D eigenvalue weighted by molar-refractivity contribution is -0.122. The van der Waals surface area contributed by atoms with Gasteiger partial charge in [0.25, 0.3) is 0 Å². The number of amides is 1. The Balaban J connectivity index is 1.94. The zero-order valence-electron chi connectivity index (χ0n) is 12.4. The molecule has 1 heterocycles. The number of hydrogen-bond donors (Lipinski definition) is 1. The van der Waals surface area contributed by atoms with Crippen LogP contribution in [0.25, 0.3) is 0 Å². The minimum atomic E-state index is -3.77. The third kappa shape index (κ3) is 4.70. The van der Waals surface area contributed by atoms with E-state index in [0.717, 1.165) is 11.1 Å². The largest absolute Gasteiger partial charge is 0.364 e. The van der Waals surface area contributed by atoms with Crippen LogP contribution >= 0.6 is 0 Å². The SMILES string of the molecule is Cc1ccc(C[C@@H](C)C(=O)NS(=O)(=O)Cc2ccon2)cc1. The molecule has 0 fully saturated rings. The first-order chi connectivity index (χ1) is 10.4. The van der Waals surface area contributed by atoms with Crippen LogP contribution in [0, 0.1) is 12.8 Å². The highest BCUT2D eigenvalue weighted by Gasteiger charge is 2.21. The van der Waals surface area contributed by atoms with Crippen LogP contribution in [0.15, 0.2) is 41.1 Å². The Morgan fingerprint density at radius 2 is 1.95 bits per heavy atom. The molecular formula is C15H18N2O4S. The first kappa shape index (κ1) is 16.2. The molecule has 1 amide bonds. The molecule has 0 unspecified atom stereocenters. The molecule has 0 bridgehead atoms. The summed E-state index contributed by atoms with van der Waals surface area (Å²) in [6.45, 7) is 3.68. The molecule has 0 aliphatic rings. The van der Waals surface area contributed by atoms with Gasteiger partial charge >= 0.3 is 0 Å². The Kier molecular flexibility index (Phi) is 4.97. The molecule has 1 atom stereocenters. The van der Waals surface area contributed by atoms with Crippen molar-refractivity contribution in [3.8, 4) is 0 Å². The zero-order valence-corrected chi connectivity index (χ0v) is 13.3. The monoisotopic (exact) mass is 322 g/mol. The van der Waals surface area contributed by atoms with Crippen molar-refractivity contribution >= 4 is 15.9 Å². The van der Waals surface area contributed by atoms with Gasteiger partial charge in [0.05, 0.1) is 0 Å². The maximum absolute atomic E-state index is 12.0. The van der Waals surface area contributed by atoms with Gasteiger partial charge in [-0.1, -0.05) is 41.9 Å². The van der Waals surface area contributed by atoms with Crippen molar-refractivity contribution in [3.63, 3.8) is 0 Å². The van der Waals surface area contributed by atoms with E-state index in [0.29, 0.717) is 6.42 Å². The van der Waals surface area contributed by atoms with Crippen LogP contribution in [0.1, 0.15) is 23.7 Å². The standard InChI is InChI=1S/C15H18N2O4S/c1-11-3-5-13(6-4-11)9-12(2)15(18)17-22(19,20)10-14-7-8-21-16-14/h3-8,12H,9-10H2,1-2H3,(H,17,18)/t12-/m1/s1. The maximum atomic E-state index is 12.0. The average Bonchev–Trinajstić information content (AvgIpc) is 2.92. The minimum absolute atomic E-state index is 0.256. The molecule has 118 valence electrons. The molecular weight excluding hydrogens is 304 g/mol. The first-order valence-electron chi connectivity index (χ1n) is 6.85. The maximum Gasteiger partial charge on any atom is 0.240 e. The summed E-state index contributed by atoms with van der Waals surface area (Å²) >= 11 is 0. The van der Waals surface area contributed by atoms with Crippen molar-refractivity contribution in [1.29, 1.82) is 0 Å². The highest BCUT2D eigenvalue weighted by Crippen LogP contribution is 2.11. The van der Waals surface area contributed by atoms with E-state index in [1.54, 1.807) is 6.92 Å². The van der Waals surface area contributed by atoms with E-state index in [9.17, 15) is 13.2 Å². The normalized spacial score (nSPS) is 12.8. The molecule has 0 radical (unpaired) electrons. The van der Waals surface area contributed by atoms with Gasteiger partial charge in [0.15, 0.2) is 0 Å². The second-order valence-electron chi connectivity index (χ2n) is 5.31. The summed E-state index contributed by atoms with van der Waals surface area (Å²) in [7, 11) is -3.77. The van der Waals surface area contributed by atoms with Crippen LogP contribution in [-0.4, -0.2) is 19.5 Å². The summed E-state index contributed by atoms with van der Waals surface area (Å²) in [6, 6.07) is 9.23. The van der Waals surface area contributed by atoms with Crippen LogP contribution < -0.4 is 4.72 Å². The molecule has 0 aliphatic heterocycles. The zero-order chi connectivity index (χ0) is 16.2. The van der Waals surface area contributed by atoms with E-state index in [1.165, 1.54) is 12.3 Å². The Morgan fingerprint density at radius 1 is 1.27 bits per heavy atom. The Bertz CT molecular complexity index is 721. The van der Waals surface area contributed by atoms with Crippen LogP contribution in [0.5, 0.6) is 0 Å². The van der Waals surface area contributed by atoms with Gasteiger partial charge in [-0.2, -0.15) is 0 Å². The topological polar surface area (TPSA) is 89.3 Å². The summed E-state index contributed by atoms with van der Waals surface area (Å²) in [5.41, 5.74) is 2.38. The van der Waals surface area contributed by atoms with Crippen LogP contribution in [-0.2, 0) is 27.0 Å². The predicted octanol–water partition coefficient (Wildman–Crippen LogP) is 1.81. The molecule has 0 saturated heterocycles. The van der Waals surface area contributed by atoms with E-state index >= 15 is 0 Å². The van der Waals surface area contributed by atoms with Crippen molar-refractivity contribution in [2.24, 2.45) is 5.92 Å². The van der Waals surface area contributed by atoms with Gasteiger partial charge in [0.1, 0.15) is 17.7 Å². The number of carbonyl (C=O) groups excluding carboxylic acids is 1. The van der Waals surface area contributed by atoms with E-state index < -0.39 is 21.8 Å². The summed E-state index contributed by atoms with van der Waals surface area (Å²) < 4.78 is 30.4. The van der Waals surface area contributed by atoms with Gasteiger partial charge in [0, 0.05) is 12.0 Å². The van der Waals surface area contributed by atoms with E-state index in [2.05, 4.69) is 14.4 Å². The Morgan fingerprint density at radius 3 is 2.55 bits per heavy atom. The molecule has 1 aromatic carbocycles. The van der Waals surface area contributed by atoms with Gasteiger partial charge in [-0.25, -0.2) is 8.42 Å². The number of rotatable bonds is 6. The van der Waals surface area contributed by atoms with Gasteiger partial charge in [0.2, 0.25) is 15.9 Å². The third-order valence-electron chi connectivity index (χ3n) is 3.20. The summed E-state index contributed by atoms with van der Waals surface area (Å²) in [5.74, 6) is -1.36.